The normalized spacial score (nSPS) is 11.7. The molecule has 0 aliphatic heterocycles. The third kappa shape index (κ3) is 4.25. The van der Waals surface area contributed by atoms with E-state index in [0.29, 0.717) is 0 Å². The van der Waals surface area contributed by atoms with E-state index in [4.69, 9.17) is 15.9 Å². The zero-order valence-corrected chi connectivity index (χ0v) is 10.4. The standard InChI is InChI=1S/C12H14N2O6/c13-8(12(19)20)2-4-10(16)14-6-1-3-9(15)7(5-6)11(17)18/h1,3,5,8,15H,2,4,13H2,(H,14,16)(H,17,18)(H,19,20)/t8-/m0/s1. The van der Waals surface area contributed by atoms with E-state index in [1.807, 2.05) is 0 Å². The SMILES string of the molecule is N[C@@H](CCC(=O)Nc1ccc(O)c(C(=O)O)c1)C(=O)O. The summed E-state index contributed by atoms with van der Waals surface area (Å²) in [4.78, 5) is 32.8. The molecule has 1 aromatic carbocycles. The summed E-state index contributed by atoms with van der Waals surface area (Å²) in [5.74, 6) is -3.44. The van der Waals surface area contributed by atoms with Gasteiger partial charge in [0.1, 0.15) is 17.4 Å². The maximum Gasteiger partial charge on any atom is 0.339 e. The minimum Gasteiger partial charge on any atom is -0.507 e. The van der Waals surface area contributed by atoms with Gasteiger partial charge in [0.25, 0.3) is 0 Å². The molecular weight excluding hydrogens is 268 g/mol. The molecule has 0 unspecified atom stereocenters. The van der Waals surface area contributed by atoms with Gasteiger partial charge in [-0.2, -0.15) is 0 Å². The first-order valence-electron chi connectivity index (χ1n) is 5.66. The zero-order valence-electron chi connectivity index (χ0n) is 10.4. The number of carbonyl (C=O) groups excluding carboxylic acids is 1. The number of rotatable bonds is 6. The third-order valence-electron chi connectivity index (χ3n) is 2.51. The van der Waals surface area contributed by atoms with Crippen LogP contribution in [-0.2, 0) is 9.59 Å². The fraction of sp³-hybridized carbons (Fsp3) is 0.250. The number of hydrogen-bond donors (Lipinski definition) is 5. The van der Waals surface area contributed by atoms with Crippen molar-refractivity contribution in [3.63, 3.8) is 0 Å². The smallest absolute Gasteiger partial charge is 0.339 e. The van der Waals surface area contributed by atoms with Crippen molar-refractivity contribution >= 4 is 23.5 Å². The summed E-state index contributed by atoms with van der Waals surface area (Å²) in [6.45, 7) is 0. The Morgan fingerprint density at radius 3 is 2.45 bits per heavy atom. The maximum absolute atomic E-state index is 11.5. The largest absolute Gasteiger partial charge is 0.507 e. The van der Waals surface area contributed by atoms with Crippen molar-refractivity contribution in [1.29, 1.82) is 0 Å². The summed E-state index contributed by atoms with van der Waals surface area (Å²) in [5.41, 5.74) is 5.10. The molecule has 8 heteroatoms. The number of nitrogens with two attached hydrogens (primary N) is 1. The zero-order chi connectivity index (χ0) is 15.3. The summed E-state index contributed by atoms with van der Waals surface area (Å²) in [6.07, 6.45) is -0.151. The molecule has 0 saturated carbocycles. The average Bonchev–Trinajstić information content (AvgIpc) is 2.37. The first-order chi connectivity index (χ1) is 9.31. The number of anilines is 1. The van der Waals surface area contributed by atoms with E-state index in [2.05, 4.69) is 5.32 Å². The van der Waals surface area contributed by atoms with Crippen LogP contribution >= 0.6 is 0 Å². The molecule has 0 aromatic heterocycles. The third-order valence-corrected chi connectivity index (χ3v) is 2.51. The molecule has 0 radical (unpaired) electrons. The van der Waals surface area contributed by atoms with Gasteiger partial charge in [0, 0.05) is 12.1 Å². The van der Waals surface area contributed by atoms with E-state index in [9.17, 15) is 19.5 Å². The number of phenols is 1. The van der Waals surface area contributed by atoms with Gasteiger partial charge in [-0.1, -0.05) is 0 Å². The molecule has 0 heterocycles. The second-order valence-corrected chi connectivity index (χ2v) is 4.07. The van der Waals surface area contributed by atoms with Gasteiger partial charge in [0.05, 0.1) is 0 Å². The number of benzene rings is 1. The maximum atomic E-state index is 11.5. The Morgan fingerprint density at radius 1 is 1.25 bits per heavy atom. The van der Waals surface area contributed by atoms with Gasteiger partial charge in [-0.15, -0.1) is 0 Å². The number of nitrogens with one attached hydrogen (secondary N) is 1. The molecule has 20 heavy (non-hydrogen) atoms. The van der Waals surface area contributed by atoms with E-state index in [-0.39, 0.29) is 24.1 Å². The Kier molecular flexibility index (Phi) is 5.04. The second kappa shape index (κ2) is 6.53. The van der Waals surface area contributed by atoms with Crippen molar-refractivity contribution < 1.29 is 29.7 Å². The molecule has 0 aliphatic carbocycles. The first-order valence-corrected chi connectivity index (χ1v) is 5.66. The number of aromatic hydroxyl groups is 1. The predicted molar refractivity (Wildman–Crippen MR) is 68.5 cm³/mol. The van der Waals surface area contributed by atoms with E-state index >= 15 is 0 Å². The van der Waals surface area contributed by atoms with E-state index in [1.165, 1.54) is 6.07 Å². The van der Waals surface area contributed by atoms with Gasteiger partial charge in [-0.3, -0.25) is 9.59 Å². The molecule has 1 aromatic rings. The monoisotopic (exact) mass is 282 g/mol. The van der Waals surface area contributed by atoms with Gasteiger partial charge >= 0.3 is 11.9 Å². The number of carboxylic acid groups (broad SMARTS) is 2. The second-order valence-electron chi connectivity index (χ2n) is 4.07. The van der Waals surface area contributed by atoms with Crippen molar-refractivity contribution in [2.24, 2.45) is 5.73 Å². The molecule has 1 amide bonds. The van der Waals surface area contributed by atoms with Gasteiger partial charge in [-0.25, -0.2) is 4.79 Å². The highest BCUT2D eigenvalue weighted by Gasteiger charge is 2.15. The molecule has 0 spiro atoms. The number of amides is 1. The summed E-state index contributed by atoms with van der Waals surface area (Å²) < 4.78 is 0. The van der Waals surface area contributed by atoms with Gasteiger partial charge in [0.15, 0.2) is 0 Å². The highest BCUT2D eigenvalue weighted by atomic mass is 16.4. The van der Waals surface area contributed by atoms with Gasteiger partial charge < -0.3 is 26.4 Å². The van der Waals surface area contributed by atoms with Crippen LogP contribution < -0.4 is 11.1 Å². The number of carboxylic acids is 2. The quantitative estimate of drug-likeness (QED) is 0.468. The number of hydrogen-bond acceptors (Lipinski definition) is 5. The molecular formula is C12H14N2O6. The van der Waals surface area contributed by atoms with Crippen LogP contribution in [-0.4, -0.2) is 39.2 Å². The van der Waals surface area contributed by atoms with Crippen molar-refractivity contribution in [3.8, 4) is 5.75 Å². The highest BCUT2D eigenvalue weighted by molar-refractivity contribution is 5.95. The van der Waals surface area contributed by atoms with Crippen LogP contribution in [0.4, 0.5) is 5.69 Å². The van der Waals surface area contributed by atoms with Crippen molar-refractivity contribution in [3.05, 3.63) is 23.8 Å². The van der Waals surface area contributed by atoms with Gasteiger partial charge in [-0.05, 0) is 24.6 Å². The van der Waals surface area contributed by atoms with E-state index < -0.39 is 29.6 Å². The summed E-state index contributed by atoms with van der Waals surface area (Å²) in [6, 6.07) is 2.45. The minimum atomic E-state index is -1.33. The molecule has 0 aliphatic rings. The Bertz CT molecular complexity index is 543. The van der Waals surface area contributed by atoms with Crippen LogP contribution in [0.2, 0.25) is 0 Å². The van der Waals surface area contributed by atoms with E-state index in [1.54, 1.807) is 0 Å². The molecule has 108 valence electrons. The number of aromatic carboxylic acids is 1. The lowest BCUT2D eigenvalue weighted by Gasteiger charge is -2.08. The fourth-order valence-electron chi connectivity index (χ4n) is 1.42. The highest BCUT2D eigenvalue weighted by Crippen LogP contribution is 2.21. The lowest BCUT2D eigenvalue weighted by atomic mass is 10.1. The molecule has 1 atom stereocenters. The van der Waals surface area contributed by atoms with Crippen LogP contribution in [0.15, 0.2) is 18.2 Å². The predicted octanol–water partition coefficient (Wildman–Crippen LogP) is 0.221. The fourth-order valence-corrected chi connectivity index (χ4v) is 1.42. The molecule has 0 saturated heterocycles. The van der Waals surface area contributed by atoms with Crippen LogP contribution in [0, 0.1) is 0 Å². The molecule has 0 fully saturated rings. The van der Waals surface area contributed by atoms with Gasteiger partial charge in [0.2, 0.25) is 5.91 Å². The minimum absolute atomic E-state index is 0.0367. The topological polar surface area (TPSA) is 150 Å². The summed E-state index contributed by atoms with van der Waals surface area (Å²) in [7, 11) is 0. The van der Waals surface area contributed by atoms with Crippen LogP contribution in [0.3, 0.4) is 0 Å². The van der Waals surface area contributed by atoms with Crippen molar-refractivity contribution in [2.75, 3.05) is 5.32 Å². The molecule has 1 rings (SSSR count). The average molecular weight is 282 g/mol. The van der Waals surface area contributed by atoms with Crippen LogP contribution in [0.1, 0.15) is 23.2 Å². The molecule has 6 N–H and O–H groups in total. The van der Waals surface area contributed by atoms with Crippen LogP contribution in [0.25, 0.3) is 0 Å². The molecule has 0 bridgehead atoms. The Morgan fingerprint density at radius 2 is 1.90 bits per heavy atom. The first kappa shape index (κ1) is 15.4. The van der Waals surface area contributed by atoms with Crippen molar-refractivity contribution in [2.45, 2.75) is 18.9 Å². The lowest BCUT2D eigenvalue weighted by molar-refractivity contribution is -0.138. The summed E-state index contributed by atoms with van der Waals surface area (Å²) in [5, 5.41) is 29.1. The molecule has 8 nitrogen and oxygen atoms in total. The number of aliphatic carboxylic acids is 1. The Balaban J connectivity index is 2.65. The lowest BCUT2D eigenvalue weighted by Crippen LogP contribution is -2.31. The van der Waals surface area contributed by atoms with E-state index in [0.717, 1.165) is 12.1 Å². The van der Waals surface area contributed by atoms with Crippen molar-refractivity contribution in [1.82, 2.24) is 0 Å². The number of carbonyl (C=O) groups is 3. The Hall–Kier alpha value is -2.61. The van der Waals surface area contributed by atoms with Crippen LogP contribution in [0.5, 0.6) is 5.75 Å². The Labute approximate surface area is 113 Å². The summed E-state index contributed by atoms with van der Waals surface area (Å²) >= 11 is 0.